The molecule has 2 fully saturated rings. The third-order valence-electron chi connectivity index (χ3n) is 6.08. The first kappa shape index (κ1) is 21.8. The van der Waals surface area contributed by atoms with E-state index < -0.39 is 11.7 Å². The van der Waals surface area contributed by atoms with E-state index in [1.54, 1.807) is 25.3 Å². The lowest BCUT2D eigenvalue weighted by Crippen LogP contribution is -2.41. The van der Waals surface area contributed by atoms with Gasteiger partial charge in [-0.2, -0.15) is 5.10 Å². The molecule has 2 heterocycles. The largest absolute Gasteiger partial charge is 0.443 e. The molecular weight excluding hydrogens is 416 g/mol. The van der Waals surface area contributed by atoms with Crippen LogP contribution < -0.4 is 16.7 Å². The molecule has 2 aromatic heterocycles. The van der Waals surface area contributed by atoms with E-state index in [4.69, 9.17) is 4.74 Å². The Morgan fingerprint density at radius 3 is 2.55 bits per heavy atom. The molecular formula is C22H30N4O4S. The summed E-state index contributed by atoms with van der Waals surface area (Å²) in [6.45, 7) is 9.91. The van der Waals surface area contributed by atoms with Crippen molar-refractivity contribution in [2.75, 3.05) is 0 Å². The summed E-state index contributed by atoms with van der Waals surface area (Å²) in [4.78, 5) is 39.9. The van der Waals surface area contributed by atoms with E-state index in [2.05, 4.69) is 17.5 Å². The van der Waals surface area contributed by atoms with Crippen LogP contribution in [-0.2, 0) is 11.3 Å². The topological polar surface area (TPSA) is 94.7 Å². The number of fused-ring (bicyclic) bond motifs is 1. The number of ether oxygens (including phenoxy) is 1. The minimum Gasteiger partial charge on any atom is -0.443 e. The van der Waals surface area contributed by atoms with Crippen LogP contribution in [0.5, 0.6) is 0 Å². The summed E-state index contributed by atoms with van der Waals surface area (Å²) in [5.41, 5.74) is 2.11. The second-order valence-electron chi connectivity index (χ2n) is 9.79. The molecule has 1 N–H and O–H groups in total. The number of aromatic nitrogens is 2. The standard InChI is InChI=1S/C22H30N4O4S/c1-12-9-15(12)26-18(27)17-13(2)16(10-23-24-20(28)30-22(3,4)5)31-19(17)25(21(26)29)11-14-7-6-8-14/h10,12,14-15H,6-9,11H2,1-5H3,(H,24,28)/t12-,15-/m0/s1. The van der Waals surface area contributed by atoms with Crippen molar-refractivity contribution >= 4 is 33.9 Å². The van der Waals surface area contributed by atoms with Gasteiger partial charge in [0.2, 0.25) is 0 Å². The van der Waals surface area contributed by atoms with Crippen LogP contribution in [0.3, 0.4) is 0 Å². The smallest absolute Gasteiger partial charge is 0.428 e. The Hall–Kier alpha value is -2.42. The fourth-order valence-electron chi connectivity index (χ4n) is 4.00. The van der Waals surface area contributed by atoms with Gasteiger partial charge in [-0.3, -0.25) is 13.9 Å². The number of thiophene rings is 1. The number of hydrogen-bond donors (Lipinski definition) is 1. The van der Waals surface area contributed by atoms with E-state index in [0.29, 0.717) is 28.6 Å². The van der Waals surface area contributed by atoms with Gasteiger partial charge in [-0.1, -0.05) is 13.3 Å². The molecule has 2 atom stereocenters. The molecule has 0 spiro atoms. The second kappa shape index (κ2) is 7.93. The van der Waals surface area contributed by atoms with Crippen LogP contribution >= 0.6 is 11.3 Å². The maximum absolute atomic E-state index is 13.3. The van der Waals surface area contributed by atoms with Gasteiger partial charge in [0, 0.05) is 12.6 Å². The Morgan fingerprint density at radius 1 is 1.32 bits per heavy atom. The van der Waals surface area contributed by atoms with Gasteiger partial charge in [0.05, 0.1) is 16.5 Å². The lowest BCUT2D eigenvalue weighted by molar-refractivity contribution is 0.0529. The maximum Gasteiger partial charge on any atom is 0.428 e. The number of carbonyl (C=O) groups excluding carboxylic acids is 1. The van der Waals surface area contributed by atoms with Gasteiger partial charge in [-0.05, 0) is 64.4 Å². The average Bonchev–Trinajstić information content (AvgIpc) is 3.23. The summed E-state index contributed by atoms with van der Waals surface area (Å²) >= 11 is 1.37. The number of hydrogen-bond acceptors (Lipinski definition) is 6. The summed E-state index contributed by atoms with van der Waals surface area (Å²) in [6, 6.07) is -0.0118. The molecule has 9 heteroatoms. The van der Waals surface area contributed by atoms with Crippen molar-refractivity contribution in [2.24, 2.45) is 16.9 Å². The minimum absolute atomic E-state index is 0.0118. The lowest BCUT2D eigenvalue weighted by Gasteiger charge is -2.26. The Bertz CT molecular complexity index is 1160. The van der Waals surface area contributed by atoms with E-state index in [-0.39, 0.29) is 17.3 Å². The number of aryl methyl sites for hydroxylation is 1. The first-order valence-corrected chi connectivity index (χ1v) is 11.7. The Morgan fingerprint density at radius 2 is 2.00 bits per heavy atom. The molecule has 0 bridgehead atoms. The Kier molecular flexibility index (Phi) is 5.57. The predicted octanol–water partition coefficient (Wildman–Crippen LogP) is 3.77. The van der Waals surface area contributed by atoms with Gasteiger partial charge >= 0.3 is 11.8 Å². The summed E-state index contributed by atoms with van der Waals surface area (Å²) in [6.07, 6.45) is 5.16. The fraction of sp³-hybridized carbons (Fsp3) is 0.636. The quantitative estimate of drug-likeness (QED) is 0.559. The SMILES string of the molecule is Cc1c(C=NNC(=O)OC(C)(C)C)sc2c1c(=O)n([C@H]1C[C@@H]1C)c(=O)n2CC1CCC1. The second-order valence-corrected chi connectivity index (χ2v) is 10.8. The predicted molar refractivity (Wildman–Crippen MR) is 122 cm³/mol. The highest BCUT2D eigenvalue weighted by Crippen LogP contribution is 2.41. The number of carbonyl (C=O) groups is 1. The molecule has 0 aliphatic heterocycles. The van der Waals surface area contributed by atoms with Crippen molar-refractivity contribution in [3.05, 3.63) is 31.3 Å². The van der Waals surface area contributed by atoms with Crippen molar-refractivity contribution in [1.82, 2.24) is 14.6 Å². The molecule has 1 amide bonds. The molecule has 4 rings (SSSR count). The number of nitrogens with zero attached hydrogens (tertiary/aromatic N) is 3. The highest BCUT2D eigenvalue weighted by atomic mass is 32.1. The van der Waals surface area contributed by atoms with Crippen LogP contribution in [0.4, 0.5) is 4.79 Å². The average molecular weight is 447 g/mol. The Labute approximate surface area is 184 Å². The maximum atomic E-state index is 13.3. The van der Waals surface area contributed by atoms with Gasteiger partial charge < -0.3 is 4.74 Å². The van der Waals surface area contributed by atoms with E-state index in [9.17, 15) is 14.4 Å². The van der Waals surface area contributed by atoms with Crippen molar-refractivity contribution in [2.45, 2.75) is 78.5 Å². The zero-order chi connectivity index (χ0) is 22.5. The van der Waals surface area contributed by atoms with Crippen molar-refractivity contribution in [3.63, 3.8) is 0 Å². The van der Waals surface area contributed by atoms with Gasteiger partial charge in [0.1, 0.15) is 10.4 Å². The molecule has 31 heavy (non-hydrogen) atoms. The number of amides is 1. The lowest BCUT2D eigenvalue weighted by atomic mass is 9.85. The molecule has 0 aromatic carbocycles. The molecule has 2 aromatic rings. The van der Waals surface area contributed by atoms with Crippen LogP contribution in [-0.4, -0.2) is 27.0 Å². The minimum atomic E-state index is -0.644. The van der Waals surface area contributed by atoms with Crippen molar-refractivity contribution in [1.29, 1.82) is 0 Å². The van der Waals surface area contributed by atoms with E-state index in [1.807, 2.05) is 6.92 Å². The fourth-order valence-corrected chi connectivity index (χ4v) is 5.17. The van der Waals surface area contributed by atoms with Crippen LogP contribution in [0, 0.1) is 18.8 Å². The monoisotopic (exact) mass is 446 g/mol. The first-order valence-electron chi connectivity index (χ1n) is 10.9. The summed E-state index contributed by atoms with van der Waals surface area (Å²) in [7, 11) is 0. The van der Waals surface area contributed by atoms with Crippen LogP contribution in [0.25, 0.3) is 10.2 Å². The van der Waals surface area contributed by atoms with Gasteiger partial charge in [0.15, 0.2) is 0 Å². The van der Waals surface area contributed by atoms with Crippen molar-refractivity contribution < 1.29 is 9.53 Å². The molecule has 8 nitrogen and oxygen atoms in total. The van der Waals surface area contributed by atoms with E-state index in [0.717, 1.165) is 29.7 Å². The van der Waals surface area contributed by atoms with Gasteiger partial charge in [-0.25, -0.2) is 15.0 Å². The zero-order valence-corrected chi connectivity index (χ0v) is 19.5. The van der Waals surface area contributed by atoms with Crippen LogP contribution in [0.15, 0.2) is 14.7 Å². The highest BCUT2D eigenvalue weighted by molar-refractivity contribution is 7.20. The Balaban J connectivity index is 1.73. The summed E-state index contributed by atoms with van der Waals surface area (Å²) < 4.78 is 8.44. The van der Waals surface area contributed by atoms with E-state index >= 15 is 0 Å². The molecule has 0 radical (unpaired) electrons. The highest BCUT2D eigenvalue weighted by Gasteiger charge is 2.38. The third-order valence-corrected chi connectivity index (χ3v) is 7.33. The summed E-state index contributed by atoms with van der Waals surface area (Å²) in [5.74, 6) is 0.829. The van der Waals surface area contributed by atoms with E-state index in [1.165, 1.54) is 28.5 Å². The first-order chi connectivity index (χ1) is 14.6. The molecule has 0 saturated heterocycles. The third kappa shape index (κ3) is 4.33. The van der Waals surface area contributed by atoms with Gasteiger partial charge in [0.25, 0.3) is 5.56 Å². The molecule has 2 aliphatic rings. The van der Waals surface area contributed by atoms with Crippen LogP contribution in [0.2, 0.25) is 0 Å². The molecule has 2 aliphatic carbocycles. The van der Waals surface area contributed by atoms with Crippen LogP contribution in [0.1, 0.15) is 69.9 Å². The normalized spacial score (nSPS) is 21.5. The number of hydrazone groups is 1. The molecule has 168 valence electrons. The number of nitrogens with one attached hydrogen (secondary N) is 1. The summed E-state index contributed by atoms with van der Waals surface area (Å²) in [5, 5.41) is 4.58. The van der Waals surface area contributed by atoms with Gasteiger partial charge in [-0.15, -0.1) is 11.3 Å². The molecule has 2 saturated carbocycles. The number of rotatable bonds is 5. The molecule has 0 unspecified atom stereocenters. The zero-order valence-electron chi connectivity index (χ0n) is 18.7. The van der Waals surface area contributed by atoms with Crippen molar-refractivity contribution in [3.8, 4) is 0 Å².